The van der Waals surface area contributed by atoms with Crippen LogP contribution in [0.3, 0.4) is 0 Å². The first-order valence-electron chi connectivity index (χ1n) is 4.65. The predicted molar refractivity (Wildman–Crippen MR) is 48.5 cm³/mol. The van der Waals surface area contributed by atoms with Gasteiger partial charge in [0.2, 0.25) is 0 Å². The SMILES string of the molecule is CCCCP1(=O)OCCCCO1. The Hall–Kier alpha value is 0.150. The van der Waals surface area contributed by atoms with Gasteiger partial charge in [-0.2, -0.15) is 0 Å². The van der Waals surface area contributed by atoms with Crippen LogP contribution in [0.5, 0.6) is 0 Å². The van der Waals surface area contributed by atoms with Crippen LogP contribution in [0.25, 0.3) is 0 Å². The highest BCUT2D eigenvalue weighted by molar-refractivity contribution is 7.53. The van der Waals surface area contributed by atoms with Gasteiger partial charge in [0.05, 0.1) is 19.4 Å². The van der Waals surface area contributed by atoms with E-state index in [2.05, 4.69) is 6.92 Å². The van der Waals surface area contributed by atoms with Gasteiger partial charge in [-0.15, -0.1) is 0 Å². The summed E-state index contributed by atoms with van der Waals surface area (Å²) in [5.41, 5.74) is 0. The lowest BCUT2D eigenvalue weighted by Gasteiger charge is -2.14. The fourth-order valence-electron chi connectivity index (χ4n) is 1.13. The molecule has 0 aromatic heterocycles. The average Bonchev–Trinajstić information content (AvgIpc) is 2.27. The molecule has 0 bridgehead atoms. The zero-order valence-electron chi connectivity index (χ0n) is 7.62. The maximum absolute atomic E-state index is 11.8. The van der Waals surface area contributed by atoms with Gasteiger partial charge < -0.3 is 9.05 Å². The van der Waals surface area contributed by atoms with Gasteiger partial charge in [0, 0.05) is 0 Å². The summed E-state index contributed by atoms with van der Waals surface area (Å²) < 4.78 is 22.2. The molecule has 1 saturated heterocycles. The van der Waals surface area contributed by atoms with Gasteiger partial charge in [0.25, 0.3) is 0 Å². The first kappa shape index (κ1) is 10.2. The summed E-state index contributed by atoms with van der Waals surface area (Å²) >= 11 is 0. The lowest BCUT2D eigenvalue weighted by molar-refractivity contribution is 0.238. The third-order valence-corrected chi connectivity index (χ3v) is 3.92. The minimum absolute atomic E-state index is 0.587. The van der Waals surface area contributed by atoms with E-state index in [4.69, 9.17) is 9.05 Å². The van der Waals surface area contributed by atoms with E-state index in [1.54, 1.807) is 0 Å². The van der Waals surface area contributed by atoms with Crippen molar-refractivity contribution < 1.29 is 13.6 Å². The van der Waals surface area contributed by atoms with Crippen molar-refractivity contribution in [2.75, 3.05) is 19.4 Å². The molecule has 0 amide bonds. The quantitative estimate of drug-likeness (QED) is 0.645. The summed E-state index contributed by atoms with van der Waals surface area (Å²) in [6.45, 7) is 3.27. The Kier molecular flexibility index (Phi) is 4.27. The molecule has 12 heavy (non-hydrogen) atoms. The summed E-state index contributed by atoms with van der Waals surface area (Å²) in [6, 6.07) is 0. The Morgan fingerprint density at radius 1 is 1.25 bits per heavy atom. The van der Waals surface area contributed by atoms with E-state index in [9.17, 15) is 4.57 Å². The largest absolute Gasteiger partial charge is 0.330 e. The minimum atomic E-state index is -2.67. The summed E-state index contributed by atoms with van der Waals surface area (Å²) in [6.07, 6.45) is 4.49. The lowest BCUT2D eigenvalue weighted by atomic mass is 10.3. The van der Waals surface area contributed by atoms with Crippen molar-refractivity contribution in [1.82, 2.24) is 0 Å². The highest BCUT2D eigenvalue weighted by Gasteiger charge is 2.25. The Labute approximate surface area is 74.0 Å². The topological polar surface area (TPSA) is 35.5 Å². The maximum Gasteiger partial charge on any atom is 0.330 e. The van der Waals surface area contributed by atoms with Crippen LogP contribution in [0.2, 0.25) is 0 Å². The van der Waals surface area contributed by atoms with E-state index in [0.717, 1.165) is 25.7 Å². The molecule has 0 radical (unpaired) electrons. The summed E-state index contributed by atoms with van der Waals surface area (Å²) in [4.78, 5) is 0. The van der Waals surface area contributed by atoms with Gasteiger partial charge in [-0.05, 0) is 19.3 Å². The molecule has 0 spiro atoms. The second-order valence-electron chi connectivity index (χ2n) is 3.06. The van der Waals surface area contributed by atoms with Crippen LogP contribution in [0, 0.1) is 0 Å². The van der Waals surface area contributed by atoms with Gasteiger partial charge in [0.1, 0.15) is 0 Å². The van der Waals surface area contributed by atoms with E-state index in [1.165, 1.54) is 0 Å². The Morgan fingerprint density at radius 3 is 2.33 bits per heavy atom. The highest BCUT2D eigenvalue weighted by atomic mass is 31.2. The predicted octanol–water partition coefficient (Wildman–Crippen LogP) is 2.81. The van der Waals surface area contributed by atoms with Gasteiger partial charge in [-0.25, -0.2) is 0 Å². The van der Waals surface area contributed by atoms with Gasteiger partial charge in [-0.3, -0.25) is 4.57 Å². The fraction of sp³-hybridized carbons (Fsp3) is 1.00. The molecule has 1 aliphatic heterocycles. The molecule has 1 aliphatic rings. The molecule has 3 nitrogen and oxygen atoms in total. The number of hydrogen-bond acceptors (Lipinski definition) is 3. The van der Waals surface area contributed by atoms with Crippen LogP contribution in [-0.2, 0) is 13.6 Å². The molecular weight excluding hydrogens is 175 g/mol. The van der Waals surface area contributed by atoms with E-state index in [-0.39, 0.29) is 0 Å². The Bertz CT molecular complexity index is 158. The number of hydrogen-bond donors (Lipinski definition) is 0. The molecule has 0 saturated carbocycles. The van der Waals surface area contributed by atoms with Crippen LogP contribution in [0.4, 0.5) is 0 Å². The lowest BCUT2D eigenvalue weighted by Crippen LogP contribution is -1.97. The van der Waals surface area contributed by atoms with E-state index < -0.39 is 7.60 Å². The highest BCUT2D eigenvalue weighted by Crippen LogP contribution is 2.50. The first-order valence-corrected chi connectivity index (χ1v) is 6.38. The molecule has 0 atom stereocenters. The van der Waals surface area contributed by atoms with Crippen molar-refractivity contribution in [2.24, 2.45) is 0 Å². The van der Waals surface area contributed by atoms with Crippen LogP contribution in [-0.4, -0.2) is 19.4 Å². The maximum atomic E-state index is 11.8. The van der Waals surface area contributed by atoms with Crippen LogP contribution >= 0.6 is 7.60 Å². The minimum Gasteiger partial charge on any atom is -0.309 e. The molecule has 1 fully saturated rings. The Morgan fingerprint density at radius 2 is 1.83 bits per heavy atom. The zero-order valence-corrected chi connectivity index (χ0v) is 8.52. The average molecular weight is 192 g/mol. The van der Waals surface area contributed by atoms with E-state index in [1.807, 2.05) is 0 Å². The standard InChI is InChI=1S/C8H17O3P/c1-2-3-8-12(9)10-6-4-5-7-11-12/h2-8H2,1H3. The normalized spacial score (nSPS) is 23.4. The third kappa shape index (κ3) is 3.26. The van der Waals surface area contributed by atoms with E-state index >= 15 is 0 Å². The number of rotatable bonds is 3. The molecule has 0 unspecified atom stereocenters. The summed E-state index contributed by atoms with van der Waals surface area (Å²) in [7, 11) is -2.67. The molecule has 0 N–H and O–H groups in total. The van der Waals surface area contributed by atoms with Crippen molar-refractivity contribution in [2.45, 2.75) is 32.6 Å². The zero-order chi connectivity index (χ0) is 8.86. The fourth-order valence-corrected chi connectivity index (χ4v) is 2.98. The second kappa shape index (κ2) is 5.00. The first-order chi connectivity index (χ1) is 5.77. The van der Waals surface area contributed by atoms with Crippen LogP contribution < -0.4 is 0 Å². The Balaban J connectivity index is 2.38. The smallest absolute Gasteiger partial charge is 0.309 e. The molecule has 72 valence electrons. The van der Waals surface area contributed by atoms with Crippen LogP contribution in [0.15, 0.2) is 0 Å². The molecule has 1 heterocycles. The number of unbranched alkanes of at least 4 members (excludes halogenated alkanes) is 1. The summed E-state index contributed by atoms with van der Waals surface area (Å²) in [5, 5.41) is 0. The van der Waals surface area contributed by atoms with Crippen molar-refractivity contribution in [3.05, 3.63) is 0 Å². The van der Waals surface area contributed by atoms with Gasteiger partial charge in [-0.1, -0.05) is 13.3 Å². The van der Waals surface area contributed by atoms with Gasteiger partial charge >= 0.3 is 7.60 Å². The van der Waals surface area contributed by atoms with Crippen LogP contribution in [0.1, 0.15) is 32.6 Å². The molecule has 1 rings (SSSR count). The molecule has 0 aromatic rings. The van der Waals surface area contributed by atoms with Gasteiger partial charge in [0.15, 0.2) is 0 Å². The molecule has 0 aromatic carbocycles. The van der Waals surface area contributed by atoms with E-state index in [0.29, 0.717) is 19.4 Å². The molecule has 4 heteroatoms. The summed E-state index contributed by atoms with van der Waals surface area (Å²) in [5.74, 6) is 0. The van der Waals surface area contributed by atoms with Crippen molar-refractivity contribution in [3.8, 4) is 0 Å². The van der Waals surface area contributed by atoms with Crippen molar-refractivity contribution in [3.63, 3.8) is 0 Å². The van der Waals surface area contributed by atoms with Crippen molar-refractivity contribution in [1.29, 1.82) is 0 Å². The second-order valence-corrected chi connectivity index (χ2v) is 5.25. The third-order valence-electron chi connectivity index (χ3n) is 1.90. The molecule has 0 aliphatic carbocycles. The molecular formula is C8H17O3P. The van der Waals surface area contributed by atoms with Crippen molar-refractivity contribution >= 4 is 7.60 Å². The monoisotopic (exact) mass is 192 g/mol.